The molecule has 8 nitrogen and oxygen atoms in total. The number of anilines is 2. The predicted molar refractivity (Wildman–Crippen MR) is 122 cm³/mol. The average Bonchev–Trinajstić information content (AvgIpc) is 2.80. The van der Waals surface area contributed by atoms with Crippen LogP contribution in [-0.4, -0.2) is 29.6 Å². The number of sulfonamides is 1. The molecular weight excluding hydrogens is 471 g/mol. The van der Waals surface area contributed by atoms with Gasteiger partial charge in [0.2, 0.25) is 16.0 Å². The number of pyridine rings is 1. The smallest absolute Gasteiger partial charge is 0.260 e. The summed E-state index contributed by atoms with van der Waals surface area (Å²) in [6, 6.07) is 11.5. The summed E-state index contributed by atoms with van der Waals surface area (Å²) < 4.78 is 70.8. The highest BCUT2D eigenvalue weighted by Gasteiger charge is 2.22. The van der Waals surface area contributed by atoms with E-state index in [1.165, 1.54) is 12.3 Å². The molecule has 0 radical (unpaired) electrons. The Hall–Kier alpha value is -3.93. The molecule has 2 aromatic heterocycles. The van der Waals surface area contributed by atoms with Crippen molar-refractivity contribution < 1.29 is 21.6 Å². The highest BCUT2D eigenvalue weighted by molar-refractivity contribution is 7.91. The summed E-state index contributed by atoms with van der Waals surface area (Å²) in [6.07, 6.45) is 1.27. The number of hydrogen-bond donors (Lipinski definition) is 2. The van der Waals surface area contributed by atoms with E-state index in [9.17, 15) is 22.0 Å². The number of hydrogen-bond acceptors (Lipinski definition) is 6. The van der Waals surface area contributed by atoms with Crippen molar-refractivity contribution in [2.24, 2.45) is 0 Å². The molecule has 0 unspecified atom stereocenters. The van der Waals surface area contributed by atoms with Gasteiger partial charge in [0.1, 0.15) is 12.3 Å². The zero-order chi connectivity index (χ0) is 24.5. The van der Waals surface area contributed by atoms with E-state index >= 15 is 4.39 Å². The molecule has 0 spiro atoms. The zero-order valence-corrected chi connectivity index (χ0v) is 18.3. The van der Waals surface area contributed by atoms with Gasteiger partial charge in [-0.15, -0.1) is 0 Å². The summed E-state index contributed by atoms with van der Waals surface area (Å²) >= 11 is 0. The van der Waals surface area contributed by atoms with Crippen LogP contribution < -0.4 is 16.0 Å². The van der Waals surface area contributed by atoms with Crippen molar-refractivity contribution in [2.45, 2.75) is 12.3 Å². The van der Waals surface area contributed by atoms with Crippen LogP contribution in [0, 0.1) is 11.6 Å². The Kier molecular flexibility index (Phi) is 6.24. The van der Waals surface area contributed by atoms with Crippen molar-refractivity contribution >= 4 is 32.7 Å². The quantitative estimate of drug-likeness (QED) is 0.411. The average molecular weight is 489 g/mol. The van der Waals surface area contributed by atoms with Gasteiger partial charge in [0, 0.05) is 17.1 Å². The molecule has 0 aliphatic heterocycles. The number of nitrogen functional groups attached to an aromatic ring is 1. The molecule has 0 atom stereocenters. The minimum absolute atomic E-state index is 0.0464. The number of halogens is 3. The first kappa shape index (κ1) is 23.2. The van der Waals surface area contributed by atoms with Crippen LogP contribution in [-0.2, 0) is 22.3 Å². The Balaban J connectivity index is 1.76. The zero-order valence-electron chi connectivity index (χ0n) is 17.5. The number of nitrogens with two attached hydrogens (primary N) is 1. The van der Waals surface area contributed by atoms with E-state index in [-0.39, 0.29) is 29.1 Å². The second kappa shape index (κ2) is 9.14. The third kappa shape index (κ3) is 4.57. The molecule has 0 aliphatic carbocycles. The van der Waals surface area contributed by atoms with Crippen molar-refractivity contribution in [3.63, 3.8) is 0 Å². The lowest BCUT2D eigenvalue weighted by atomic mass is 10.0. The van der Waals surface area contributed by atoms with Crippen LogP contribution in [0.25, 0.3) is 22.2 Å². The molecule has 3 N–H and O–H groups in total. The number of alkyl halides is 1. The lowest BCUT2D eigenvalue weighted by Gasteiger charge is -2.14. The van der Waals surface area contributed by atoms with E-state index in [2.05, 4.69) is 9.97 Å². The van der Waals surface area contributed by atoms with Crippen LogP contribution in [0.1, 0.15) is 5.56 Å². The predicted octanol–water partition coefficient (Wildman–Crippen LogP) is 3.23. The molecular formula is C22H18F3N5O3S. The van der Waals surface area contributed by atoms with Crippen molar-refractivity contribution in [3.8, 4) is 11.1 Å². The number of aryl methyl sites for hydroxylation is 1. The lowest BCUT2D eigenvalue weighted by Crippen LogP contribution is -2.24. The van der Waals surface area contributed by atoms with E-state index in [1.54, 1.807) is 30.3 Å². The summed E-state index contributed by atoms with van der Waals surface area (Å²) in [4.78, 5) is 20.7. The van der Waals surface area contributed by atoms with E-state index < -0.39 is 50.9 Å². The number of aromatic nitrogens is 3. The second-order valence-electron chi connectivity index (χ2n) is 7.35. The first-order valence-electron chi connectivity index (χ1n) is 9.95. The number of rotatable bonds is 7. The molecule has 4 rings (SSSR count). The monoisotopic (exact) mass is 489 g/mol. The summed E-state index contributed by atoms with van der Waals surface area (Å²) in [5.41, 5.74) is 3.92. The van der Waals surface area contributed by atoms with Crippen LogP contribution in [0.3, 0.4) is 0 Å². The Morgan fingerprint density at radius 1 is 1.03 bits per heavy atom. The normalized spacial score (nSPS) is 11.6. The maximum Gasteiger partial charge on any atom is 0.260 e. The van der Waals surface area contributed by atoms with Gasteiger partial charge in [0.15, 0.2) is 11.6 Å². The standard InChI is InChI=1S/C22H18F3N5O3S/c23-8-9-30-20-14(11-27-22(26)28-20)10-16(21(30)31)15-6-7-17(19(25)18(15)24)29-34(32,33)12-13-4-2-1-3-5-13/h1-7,10-11,29H,8-9,12H2,(H2,26,27,28). The Morgan fingerprint density at radius 3 is 2.47 bits per heavy atom. The lowest BCUT2D eigenvalue weighted by molar-refractivity contribution is 0.445. The maximum atomic E-state index is 15.0. The van der Waals surface area contributed by atoms with E-state index in [0.29, 0.717) is 5.56 Å². The van der Waals surface area contributed by atoms with E-state index in [1.807, 2.05) is 4.72 Å². The van der Waals surface area contributed by atoms with Gasteiger partial charge in [-0.2, -0.15) is 4.98 Å². The first-order valence-corrected chi connectivity index (χ1v) is 11.6. The molecule has 34 heavy (non-hydrogen) atoms. The molecule has 0 bridgehead atoms. The molecule has 0 fully saturated rings. The maximum absolute atomic E-state index is 15.0. The molecule has 2 heterocycles. The molecule has 0 aliphatic rings. The third-order valence-electron chi connectivity index (χ3n) is 4.99. The summed E-state index contributed by atoms with van der Waals surface area (Å²) in [5, 5.41) is 0.254. The molecule has 2 aromatic carbocycles. The fourth-order valence-corrected chi connectivity index (χ4v) is 4.69. The Labute approximate surface area is 191 Å². The van der Waals surface area contributed by atoms with Crippen LogP contribution in [0.4, 0.5) is 24.8 Å². The minimum atomic E-state index is -4.05. The summed E-state index contributed by atoms with van der Waals surface area (Å²) in [6.45, 7) is -1.30. The molecule has 12 heteroatoms. The minimum Gasteiger partial charge on any atom is -0.368 e. The summed E-state index contributed by atoms with van der Waals surface area (Å²) in [7, 11) is -4.05. The van der Waals surface area contributed by atoms with Crippen molar-refractivity contribution in [1.29, 1.82) is 0 Å². The second-order valence-corrected chi connectivity index (χ2v) is 9.07. The largest absolute Gasteiger partial charge is 0.368 e. The van der Waals surface area contributed by atoms with Gasteiger partial charge < -0.3 is 5.73 Å². The molecule has 4 aromatic rings. The SMILES string of the molecule is Nc1ncc2cc(-c3ccc(NS(=O)(=O)Cc4ccccc4)c(F)c3F)c(=O)n(CCF)c2n1. The van der Waals surface area contributed by atoms with Gasteiger partial charge >= 0.3 is 0 Å². The number of nitrogens with zero attached hydrogens (tertiary/aromatic N) is 3. The molecule has 176 valence electrons. The van der Waals surface area contributed by atoms with Gasteiger partial charge in [-0.05, 0) is 23.8 Å². The van der Waals surface area contributed by atoms with E-state index in [0.717, 1.165) is 16.7 Å². The fourth-order valence-electron chi connectivity index (χ4n) is 3.49. The Morgan fingerprint density at radius 2 is 1.76 bits per heavy atom. The van der Waals surface area contributed by atoms with Crippen molar-refractivity contribution in [2.75, 3.05) is 17.1 Å². The van der Waals surface area contributed by atoms with Crippen LogP contribution >= 0.6 is 0 Å². The van der Waals surface area contributed by atoms with Crippen LogP contribution in [0.2, 0.25) is 0 Å². The molecule has 0 amide bonds. The highest BCUT2D eigenvalue weighted by atomic mass is 32.2. The fraction of sp³-hybridized carbons (Fsp3) is 0.136. The van der Waals surface area contributed by atoms with Gasteiger partial charge in [-0.3, -0.25) is 14.1 Å². The molecule has 0 saturated carbocycles. The molecule has 0 saturated heterocycles. The number of benzene rings is 2. The topological polar surface area (TPSA) is 120 Å². The summed E-state index contributed by atoms with van der Waals surface area (Å²) in [5.74, 6) is -3.52. The number of nitrogens with one attached hydrogen (secondary N) is 1. The third-order valence-corrected chi connectivity index (χ3v) is 6.24. The van der Waals surface area contributed by atoms with Gasteiger partial charge in [-0.25, -0.2) is 26.6 Å². The van der Waals surface area contributed by atoms with Crippen molar-refractivity contribution in [1.82, 2.24) is 14.5 Å². The first-order chi connectivity index (χ1) is 16.2. The van der Waals surface area contributed by atoms with Gasteiger partial charge in [0.25, 0.3) is 5.56 Å². The van der Waals surface area contributed by atoms with Crippen LogP contribution in [0.15, 0.2) is 59.5 Å². The van der Waals surface area contributed by atoms with E-state index in [4.69, 9.17) is 5.73 Å². The van der Waals surface area contributed by atoms with Gasteiger partial charge in [0.05, 0.1) is 23.5 Å². The number of fused-ring (bicyclic) bond motifs is 1. The van der Waals surface area contributed by atoms with Crippen molar-refractivity contribution in [3.05, 3.63) is 82.3 Å². The van der Waals surface area contributed by atoms with Gasteiger partial charge in [-0.1, -0.05) is 30.3 Å². The Bertz CT molecular complexity index is 1540. The van der Waals surface area contributed by atoms with Crippen LogP contribution in [0.5, 0.6) is 0 Å². The highest BCUT2D eigenvalue weighted by Crippen LogP contribution is 2.29.